The number of imidazole rings is 1. The van der Waals surface area contributed by atoms with Gasteiger partial charge in [0.2, 0.25) is 15.9 Å². The number of para-hydroxylation sites is 2. The molecule has 0 aliphatic carbocycles. The molecule has 1 fully saturated rings. The normalized spacial score (nSPS) is 15.5. The Bertz CT molecular complexity index is 1290. The molecule has 0 radical (unpaired) electrons. The van der Waals surface area contributed by atoms with Crippen LogP contribution in [0, 0.1) is 5.82 Å². The molecule has 4 rings (SSSR count). The summed E-state index contributed by atoms with van der Waals surface area (Å²) < 4.78 is 43.2. The molecule has 0 atom stereocenters. The van der Waals surface area contributed by atoms with Crippen LogP contribution >= 0.6 is 0 Å². The van der Waals surface area contributed by atoms with Gasteiger partial charge in [0.05, 0.1) is 15.9 Å². The Morgan fingerprint density at radius 1 is 1.00 bits per heavy atom. The number of hydrogen-bond donors (Lipinski definition) is 0. The van der Waals surface area contributed by atoms with Crippen LogP contribution in [-0.2, 0) is 28.4 Å². The van der Waals surface area contributed by atoms with Crippen LogP contribution in [-0.4, -0.2) is 58.8 Å². The minimum absolute atomic E-state index is 0.0948. The van der Waals surface area contributed by atoms with Gasteiger partial charge in [-0.2, -0.15) is 4.31 Å². The minimum atomic E-state index is -3.81. The predicted molar refractivity (Wildman–Crippen MR) is 114 cm³/mol. The van der Waals surface area contributed by atoms with Gasteiger partial charge >= 0.3 is 5.69 Å². The highest BCUT2D eigenvalue weighted by Gasteiger charge is 2.30. The molecule has 0 unspecified atom stereocenters. The first-order valence-electron chi connectivity index (χ1n) is 9.97. The molecule has 0 saturated carbocycles. The third kappa shape index (κ3) is 4.00. The van der Waals surface area contributed by atoms with Crippen molar-refractivity contribution in [2.24, 2.45) is 7.05 Å². The molecule has 0 bridgehead atoms. The Morgan fingerprint density at radius 3 is 2.35 bits per heavy atom. The third-order valence-corrected chi connectivity index (χ3v) is 7.52. The van der Waals surface area contributed by atoms with E-state index in [1.165, 1.54) is 22.5 Å². The molecule has 10 heteroatoms. The average molecular weight is 447 g/mol. The highest BCUT2D eigenvalue weighted by atomic mass is 32.2. The van der Waals surface area contributed by atoms with Gasteiger partial charge in [-0.25, -0.2) is 17.6 Å². The maximum atomic E-state index is 13.4. The van der Waals surface area contributed by atoms with E-state index in [2.05, 4.69) is 0 Å². The van der Waals surface area contributed by atoms with Gasteiger partial charge in [0.1, 0.15) is 5.82 Å². The predicted octanol–water partition coefficient (Wildman–Crippen LogP) is 1.40. The zero-order valence-corrected chi connectivity index (χ0v) is 17.9. The Kier molecular flexibility index (Phi) is 5.67. The van der Waals surface area contributed by atoms with E-state index >= 15 is 0 Å². The Labute approximate surface area is 179 Å². The van der Waals surface area contributed by atoms with Gasteiger partial charge < -0.3 is 4.90 Å². The summed E-state index contributed by atoms with van der Waals surface area (Å²) in [5.74, 6) is -0.749. The summed E-state index contributed by atoms with van der Waals surface area (Å²) >= 11 is 0. The van der Waals surface area contributed by atoms with Crippen molar-refractivity contribution in [3.8, 4) is 0 Å². The van der Waals surface area contributed by atoms with Crippen LogP contribution < -0.4 is 5.69 Å². The van der Waals surface area contributed by atoms with Crippen LogP contribution in [0.4, 0.5) is 4.39 Å². The van der Waals surface area contributed by atoms with Gasteiger partial charge in [-0.05, 0) is 30.3 Å². The topological polar surface area (TPSA) is 84.6 Å². The largest absolute Gasteiger partial charge is 0.340 e. The van der Waals surface area contributed by atoms with Gasteiger partial charge in [-0.1, -0.05) is 18.2 Å². The third-order valence-electron chi connectivity index (χ3n) is 5.63. The number of amides is 1. The van der Waals surface area contributed by atoms with Crippen molar-refractivity contribution in [1.29, 1.82) is 0 Å². The molecule has 1 aliphatic rings. The molecule has 1 saturated heterocycles. The highest BCUT2D eigenvalue weighted by Crippen LogP contribution is 2.19. The number of piperazine rings is 1. The molecule has 8 nitrogen and oxygen atoms in total. The molecule has 0 spiro atoms. The number of benzene rings is 2. The van der Waals surface area contributed by atoms with E-state index in [1.54, 1.807) is 21.1 Å². The summed E-state index contributed by atoms with van der Waals surface area (Å²) in [6.07, 6.45) is 0.143. The molecule has 31 heavy (non-hydrogen) atoms. The summed E-state index contributed by atoms with van der Waals surface area (Å²) in [6, 6.07) is 12.3. The van der Waals surface area contributed by atoms with Crippen LogP contribution in [0.2, 0.25) is 0 Å². The number of carbonyl (C=O) groups is 1. The van der Waals surface area contributed by atoms with E-state index in [9.17, 15) is 22.4 Å². The van der Waals surface area contributed by atoms with Crippen LogP contribution in [0.15, 0.2) is 58.2 Å². The van der Waals surface area contributed by atoms with Gasteiger partial charge in [0.15, 0.2) is 0 Å². The van der Waals surface area contributed by atoms with E-state index < -0.39 is 15.8 Å². The molecule has 3 aromatic rings. The second kappa shape index (κ2) is 8.27. The summed E-state index contributed by atoms with van der Waals surface area (Å²) in [6.45, 7) is 1.02. The van der Waals surface area contributed by atoms with Crippen molar-refractivity contribution in [3.05, 3.63) is 64.8 Å². The van der Waals surface area contributed by atoms with Gasteiger partial charge in [0, 0.05) is 46.2 Å². The second-order valence-corrected chi connectivity index (χ2v) is 9.41. The van der Waals surface area contributed by atoms with E-state index in [4.69, 9.17) is 0 Å². The number of nitrogens with zero attached hydrogens (tertiary/aromatic N) is 4. The number of fused-ring (bicyclic) bond motifs is 1. The number of halogens is 1. The zero-order valence-electron chi connectivity index (χ0n) is 17.1. The Hall–Kier alpha value is -2.98. The lowest BCUT2D eigenvalue weighted by Crippen LogP contribution is -2.50. The standard InChI is InChI=1S/C21H23FN4O4S/c1-23-18-7-2-3-8-19(18)26(21(23)28)10-9-20(27)24-11-13-25(14-12-24)31(29,30)17-6-4-5-16(22)15-17/h2-8,15H,9-14H2,1H3. The van der Waals surface area contributed by atoms with Crippen molar-refractivity contribution >= 4 is 27.0 Å². The SMILES string of the molecule is Cn1c(=O)n(CCC(=O)N2CCN(S(=O)(=O)c3cccc(F)c3)CC2)c2ccccc21. The maximum Gasteiger partial charge on any atom is 0.328 e. The van der Waals surface area contributed by atoms with Gasteiger partial charge in [-0.3, -0.25) is 13.9 Å². The Morgan fingerprint density at radius 2 is 1.68 bits per heavy atom. The lowest BCUT2D eigenvalue weighted by atomic mass is 10.3. The Balaban J connectivity index is 1.39. The fraction of sp³-hybridized carbons (Fsp3) is 0.333. The first-order valence-corrected chi connectivity index (χ1v) is 11.4. The van der Waals surface area contributed by atoms with E-state index in [0.29, 0.717) is 0 Å². The number of rotatable bonds is 5. The summed E-state index contributed by atoms with van der Waals surface area (Å²) in [5, 5.41) is 0. The molecule has 1 aromatic heterocycles. The molecule has 0 N–H and O–H groups in total. The fourth-order valence-corrected chi connectivity index (χ4v) is 5.35. The number of hydrogen-bond acceptors (Lipinski definition) is 4. The van der Waals surface area contributed by atoms with E-state index in [1.807, 2.05) is 24.3 Å². The van der Waals surface area contributed by atoms with Crippen molar-refractivity contribution in [2.45, 2.75) is 17.9 Å². The lowest BCUT2D eigenvalue weighted by Gasteiger charge is -2.34. The quantitative estimate of drug-likeness (QED) is 0.593. The smallest absolute Gasteiger partial charge is 0.328 e. The molecule has 1 aliphatic heterocycles. The molecule has 2 heterocycles. The van der Waals surface area contributed by atoms with Gasteiger partial charge in [0.25, 0.3) is 0 Å². The molecule has 164 valence electrons. The van der Waals surface area contributed by atoms with Crippen molar-refractivity contribution < 1.29 is 17.6 Å². The molecule has 1 amide bonds. The maximum absolute atomic E-state index is 13.4. The minimum Gasteiger partial charge on any atom is -0.340 e. The van der Waals surface area contributed by atoms with Crippen molar-refractivity contribution in [1.82, 2.24) is 18.3 Å². The van der Waals surface area contributed by atoms with E-state index in [0.717, 1.165) is 17.1 Å². The summed E-state index contributed by atoms with van der Waals surface area (Å²) in [7, 11) is -2.11. The molecule has 2 aromatic carbocycles. The number of sulfonamides is 1. The van der Waals surface area contributed by atoms with Crippen LogP contribution in [0.5, 0.6) is 0 Å². The van der Waals surface area contributed by atoms with Crippen molar-refractivity contribution in [3.63, 3.8) is 0 Å². The number of carbonyl (C=O) groups excluding carboxylic acids is 1. The first kappa shape index (κ1) is 21.3. The molecular formula is C21H23FN4O4S. The zero-order chi connectivity index (χ0) is 22.2. The second-order valence-electron chi connectivity index (χ2n) is 7.47. The number of aromatic nitrogens is 2. The average Bonchev–Trinajstić information content (AvgIpc) is 3.02. The van der Waals surface area contributed by atoms with Crippen LogP contribution in [0.25, 0.3) is 11.0 Å². The van der Waals surface area contributed by atoms with Crippen molar-refractivity contribution in [2.75, 3.05) is 26.2 Å². The van der Waals surface area contributed by atoms with Crippen LogP contribution in [0.3, 0.4) is 0 Å². The molecular weight excluding hydrogens is 423 g/mol. The van der Waals surface area contributed by atoms with Crippen LogP contribution in [0.1, 0.15) is 6.42 Å². The number of aryl methyl sites for hydroxylation is 2. The monoisotopic (exact) mass is 446 g/mol. The highest BCUT2D eigenvalue weighted by molar-refractivity contribution is 7.89. The van der Waals surface area contributed by atoms with Gasteiger partial charge in [-0.15, -0.1) is 0 Å². The first-order chi connectivity index (χ1) is 14.8. The fourth-order valence-electron chi connectivity index (χ4n) is 3.90. The summed E-state index contributed by atoms with van der Waals surface area (Å²) in [4.78, 5) is 26.7. The summed E-state index contributed by atoms with van der Waals surface area (Å²) in [5.41, 5.74) is 1.39. The lowest BCUT2D eigenvalue weighted by molar-refractivity contribution is -0.132. The van der Waals surface area contributed by atoms with E-state index in [-0.39, 0.29) is 55.6 Å².